The first-order valence-electron chi connectivity index (χ1n) is 14.6. The van der Waals surface area contributed by atoms with E-state index >= 15 is 0 Å². The maximum Gasteiger partial charge on any atom is 0.310 e. The summed E-state index contributed by atoms with van der Waals surface area (Å²) in [4.78, 5) is 31.7. The zero-order chi connectivity index (χ0) is 33.6. The van der Waals surface area contributed by atoms with Crippen LogP contribution in [0.3, 0.4) is 0 Å². The zero-order valence-corrected chi connectivity index (χ0v) is 25.7. The Hall–Kier alpha value is -5.15. The van der Waals surface area contributed by atoms with Crippen molar-refractivity contribution in [3.05, 3.63) is 118 Å². The smallest absolute Gasteiger partial charge is 0.310 e. The topological polar surface area (TPSA) is 151 Å². The number of hydrogen-bond donors (Lipinski definition) is 1. The molecule has 4 aromatic rings. The third-order valence-electron chi connectivity index (χ3n) is 6.87. The van der Waals surface area contributed by atoms with Crippen LogP contribution in [-0.4, -0.2) is 75.8 Å². The third kappa shape index (κ3) is 11.3. The van der Waals surface area contributed by atoms with Gasteiger partial charge in [0.05, 0.1) is 26.2 Å². The van der Waals surface area contributed by atoms with Crippen molar-refractivity contribution in [1.82, 2.24) is 19.7 Å². The predicted octanol–water partition coefficient (Wildman–Crippen LogP) is 3.72. The molecule has 1 aromatic heterocycles. The Bertz CT molecular complexity index is 1580. The molecule has 4 rings (SSSR count). The summed E-state index contributed by atoms with van der Waals surface area (Å²) in [7, 11) is 1.79. The molecule has 0 saturated carbocycles. The van der Waals surface area contributed by atoms with Gasteiger partial charge in [0.15, 0.2) is 0 Å². The van der Waals surface area contributed by atoms with Gasteiger partial charge in [0.2, 0.25) is 0 Å². The summed E-state index contributed by atoms with van der Waals surface area (Å²) in [6, 6.07) is 17.5. The van der Waals surface area contributed by atoms with Crippen LogP contribution in [0.1, 0.15) is 23.1 Å². The van der Waals surface area contributed by atoms with Gasteiger partial charge in [-0.1, -0.05) is 30.3 Å². The molecule has 0 aliphatic carbocycles. The molecule has 1 N–H and O–H groups in total. The molecule has 13 nitrogen and oxygen atoms in total. The molecule has 3 aromatic carbocycles. The average molecular weight is 656 g/mol. The summed E-state index contributed by atoms with van der Waals surface area (Å²) in [5.74, 6) is -0.791. The van der Waals surface area contributed by atoms with Gasteiger partial charge in [-0.15, -0.1) is 10.1 Å². The molecule has 1 unspecified atom stereocenters. The van der Waals surface area contributed by atoms with E-state index < -0.39 is 28.3 Å². The lowest BCUT2D eigenvalue weighted by Gasteiger charge is -2.33. The SMILES string of the molecule is CN(Cc1ccc(OCCCOc2ccc(CC(=O)OCCO[N+](=O)[O-])cc2)cc1)CC(O)(Cn1cncn1)c1ccc(F)cc1F. The molecule has 250 valence electrons. The molecule has 0 amide bonds. The molecule has 1 heterocycles. The third-order valence-corrected chi connectivity index (χ3v) is 6.87. The number of carbonyl (C=O) groups excluding carboxylic acids is 1. The molecule has 0 aliphatic heterocycles. The molecule has 15 heteroatoms. The van der Waals surface area contributed by atoms with Crippen molar-refractivity contribution in [3.8, 4) is 11.5 Å². The van der Waals surface area contributed by atoms with Crippen molar-refractivity contribution in [3.63, 3.8) is 0 Å². The molecule has 0 aliphatic rings. The van der Waals surface area contributed by atoms with Crippen LogP contribution in [0.5, 0.6) is 11.5 Å². The number of aliphatic hydroxyl groups is 1. The largest absolute Gasteiger partial charge is 0.493 e. The highest BCUT2D eigenvalue weighted by Crippen LogP contribution is 2.28. The van der Waals surface area contributed by atoms with Gasteiger partial charge in [-0.05, 0) is 48.5 Å². The van der Waals surface area contributed by atoms with E-state index in [1.54, 1.807) is 31.3 Å². The summed E-state index contributed by atoms with van der Waals surface area (Å²) in [5, 5.41) is 24.7. The second-order valence-corrected chi connectivity index (χ2v) is 10.7. The van der Waals surface area contributed by atoms with Crippen molar-refractivity contribution < 1.29 is 42.8 Å². The van der Waals surface area contributed by atoms with E-state index in [2.05, 4.69) is 14.9 Å². The quantitative estimate of drug-likeness (QED) is 0.0681. The van der Waals surface area contributed by atoms with Gasteiger partial charge in [0, 0.05) is 31.1 Å². The lowest BCUT2D eigenvalue weighted by Crippen LogP contribution is -2.43. The highest BCUT2D eigenvalue weighted by molar-refractivity contribution is 5.72. The number of rotatable bonds is 19. The van der Waals surface area contributed by atoms with Crippen LogP contribution < -0.4 is 9.47 Å². The molecule has 0 spiro atoms. The first-order valence-corrected chi connectivity index (χ1v) is 14.6. The Labute approximate surface area is 269 Å². The number of hydrogen-bond acceptors (Lipinski definition) is 11. The van der Waals surface area contributed by atoms with E-state index in [0.29, 0.717) is 43.2 Å². The monoisotopic (exact) mass is 655 g/mol. The minimum atomic E-state index is -1.71. The second-order valence-electron chi connectivity index (χ2n) is 10.7. The van der Waals surface area contributed by atoms with Crippen LogP contribution in [0.25, 0.3) is 0 Å². The fraction of sp³-hybridized carbons (Fsp3) is 0.344. The van der Waals surface area contributed by atoms with E-state index in [0.717, 1.165) is 17.7 Å². The molecule has 1 atom stereocenters. The standard InChI is InChI=1S/C32H35F2N5O8/c1-37(20-32(41,21-38-23-35-22-36-38)29-12-7-26(33)18-30(29)34)19-25-5-10-28(11-6-25)45-14-2-13-44-27-8-3-24(4-9-27)17-31(40)46-15-16-47-39(42)43/h3-12,18,22-23,41H,2,13-17,19-21H2,1H3. The Morgan fingerprint density at radius 3 is 2.23 bits per heavy atom. The normalized spacial score (nSPS) is 12.4. The number of aromatic nitrogens is 3. The molecule has 0 fully saturated rings. The summed E-state index contributed by atoms with van der Waals surface area (Å²) >= 11 is 0. The van der Waals surface area contributed by atoms with Crippen molar-refractivity contribution >= 4 is 5.97 Å². The van der Waals surface area contributed by atoms with E-state index in [-0.39, 0.29) is 38.3 Å². The number of nitrogens with zero attached hydrogens (tertiary/aromatic N) is 5. The van der Waals surface area contributed by atoms with Gasteiger partial charge in [0.25, 0.3) is 5.09 Å². The maximum absolute atomic E-state index is 14.7. The van der Waals surface area contributed by atoms with Gasteiger partial charge in [-0.25, -0.2) is 18.4 Å². The molecule has 0 bridgehead atoms. The van der Waals surface area contributed by atoms with Crippen molar-refractivity contribution in [2.75, 3.05) is 40.0 Å². The molecular formula is C32H35F2N5O8. The fourth-order valence-electron chi connectivity index (χ4n) is 4.80. The summed E-state index contributed by atoms with van der Waals surface area (Å²) in [6.07, 6.45) is 3.38. The van der Waals surface area contributed by atoms with Gasteiger partial charge in [-0.2, -0.15) is 5.10 Å². The van der Waals surface area contributed by atoms with Crippen LogP contribution in [0.2, 0.25) is 0 Å². The van der Waals surface area contributed by atoms with Crippen molar-refractivity contribution in [2.45, 2.75) is 31.5 Å². The zero-order valence-electron chi connectivity index (χ0n) is 25.7. The Morgan fingerprint density at radius 2 is 1.64 bits per heavy atom. The molecule has 47 heavy (non-hydrogen) atoms. The van der Waals surface area contributed by atoms with Crippen LogP contribution >= 0.6 is 0 Å². The lowest BCUT2D eigenvalue weighted by atomic mass is 9.92. The van der Waals surface area contributed by atoms with Crippen molar-refractivity contribution in [1.29, 1.82) is 0 Å². The Kier molecular flexibility index (Phi) is 12.5. The van der Waals surface area contributed by atoms with E-state index in [1.165, 1.54) is 23.4 Å². The number of likely N-dealkylation sites (N-methyl/N-ethyl adjacent to an activating group) is 1. The lowest BCUT2D eigenvalue weighted by molar-refractivity contribution is -0.757. The first kappa shape index (κ1) is 34.7. The Morgan fingerprint density at radius 1 is 0.979 bits per heavy atom. The number of carbonyl (C=O) groups is 1. The number of esters is 1. The molecule has 0 radical (unpaired) electrons. The summed E-state index contributed by atoms with van der Waals surface area (Å²) < 4.78 is 46.1. The van der Waals surface area contributed by atoms with Crippen molar-refractivity contribution in [2.24, 2.45) is 0 Å². The van der Waals surface area contributed by atoms with Crippen LogP contribution in [0.4, 0.5) is 8.78 Å². The number of benzene rings is 3. The maximum atomic E-state index is 14.7. The number of ether oxygens (including phenoxy) is 3. The van der Waals surface area contributed by atoms with Crippen LogP contribution in [0.15, 0.2) is 79.4 Å². The van der Waals surface area contributed by atoms with Crippen LogP contribution in [0, 0.1) is 21.7 Å². The number of halogens is 2. The van der Waals surface area contributed by atoms with E-state index in [1.807, 2.05) is 29.2 Å². The van der Waals surface area contributed by atoms with Gasteiger partial charge in [0.1, 0.15) is 54.6 Å². The van der Waals surface area contributed by atoms with E-state index in [4.69, 9.17) is 14.2 Å². The average Bonchev–Trinajstić information content (AvgIpc) is 3.53. The highest BCUT2D eigenvalue weighted by atomic mass is 19.1. The second kappa shape index (κ2) is 17.0. The van der Waals surface area contributed by atoms with E-state index in [9.17, 15) is 28.8 Å². The van der Waals surface area contributed by atoms with Gasteiger partial charge < -0.3 is 24.2 Å². The minimum absolute atomic E-state index is 0.0177. The summed E-state index contributed by atoms with van der Waals surface area (Å²) in [6.45, 7) is 0.704. The minimum Gasteiger partial charge on any atom is -0.493 e. The molecule has 0 saturated heterocycles. The van der Waals surface area contributed by atoms with Gasteiger partial charge >= 0.3 is 5.97 Å². The summed E-state index contributed by atoms with van der Waals surface area (Å²) in [5.41, 5.74) is -0.0999. The molecular weight excluding hydrogens is 620 g/mol. The van der Waals surface area contributed by atoms with Crippen LogP contribution in [-0.2, 0) is 39.5 Å². The van der Waals surface area contributed by atoms with Gasteiger partial charge in [-0.3, -0.25) is 9.69 Å². The predicted molar refractivity (Wildman–Crippen MR) is 163 cm³/mol. The fourth-order valence-corrected chi connectivity index (χ4v) is 4.80. The highest BCUT2D eigenvalue weighted by Gasteiger charge is 2.35. The first-order chi connectivity index (χ1) is 22.6. The Balaban J connectivity index is 1.18.